The van der Waals surface area contributed by atoms with E-state index in [-0.39, 0.29) is 0 Å². The predicted molar refractivity (Wildman–Crippen MR) is 74.6 cm³/mol. The second-order valence-electron chi connectivity index (χ2n) is 4.80. The largest absolute Gasteiger partial charge is 0.493 e. The van der Waals surface area contributed by atoms with Crippen molar-refractivity contribution in [3.05, 3.63) is 18.2 Å². The second kappa shape index (κ2) is 5.98. The van der Waals surface area contributed by atoms with Gasteiger partial charge in [-0.25, -0.2) is 0 Å². The molecule has 100 valence electrons. The summed E-state index contributed by atoms with van der Waals surface area (Å²) in [5.41, 5.74) is 1.12. The first-order chi connectivity index (χ1) is 8.78. The van der Waals surface area contributed by atoms with Crippen molar-refractivity contribution in [2.75, 3.05) is 19.0 Å². The highest BCUT2D eigenvalue weighted by molar-refractivity contribution is 5.55. The zero-order chi connectivity index (χ0) is 13.0. The van der Waals surface area contributed by atoms with Gasteiger partial charge in [0.05, 0.1) is 13.7 Å². The molecule has 2 rings (SSSR count). The minimum atomic E-state index is 0.591. The first-order valence-electron chi connectivity index (χ1n) is 6.85. The highest BCUT2D eigenvalue weighted by atomic mass is 16.5. The van der Waals surface area contributed by atoms with Crippen molar-refractivity contribution in [1.29, 1.82) is 0 Å². The Labute approximate surface area is 109 Å². The molecule has 0 aliphatic heterocycles. The molecule has 3 nitrogen and oxygen atoms in total. The fourth-order valence-corrected chi connectivity index (χ4v) is 2.30. The quantitative estimate of drug-likeness (QED) is 0.799. The molecular formula is C15H23NO2. The maximum atomic E-state index is 5.59. The summed E-state index contributed by atoms with van der Waals surface area (Å²) in [7, 11) is 1.67. The average Bonchev–Trinajstić information content (AvgIpc) is 3.21. The van der Waals surface area contributed by atoms with Gasteiger partial charge in [-0.1, -0.05) is 6.92 Å². The van der Waals surface area contributed by atoms with Crippen molar-refractivity contribution in [3.63, 3.8) is 0 Å². The van der Waals surface area contributed by atoms with Crippen LogP contribution in [0, 0.1) is 5.92 Å². The zero-order valence-corrected chi connectivity index (χ0v) is 11.5. The van der Waals surface area contributed by atoms with E-state index < -0.39 is 0 Å². The van der Waals surface area contributed by atoms with E-state index in [4.69, 9.17) is 9.47 Å². The molecule has 1 atom stereocenters. The molecule has 0 saturated heterocycles. The number of methoxy groups -OCH3 is 1. The van der Waals surface area contributed by atoms with Crippen LogP contribution in [0.3, 0.4) is 0 Å². The molecule has 1 unspecified atom stereocenters. The van der Waals surface area contributed by atoms with E-state index in [0.717, 1.165) is 23.1 Å². The first-order valence-corrected chi connectivity index (χ1v) is 6.85. The van der Waals surface area contributed by atoms with Crippen molar-refractivity contribution >= 4 is 5.69 Å². The molecule has 0 radical (unpaired) electrons. The van der Waals surface area contributed by atoms with Gasteiger partial charge >= 0.3 is 0 Å². The zero-order valence-electron chi connectivity index (χ0n) is 11.5. The van der Waals surface area contributed by atoms with E-state index in [1.807, 2.05) is 19.1 Å². The topological polar surface area (TPSA) is 30.5 Å². The average molecular weight is 249 g/mol. The van der Waals surface area contributed by atoms with E-state index in [2.05, 4.69) is 18.3 Å². The third-order valence-electron chi connectivity index (χ3n) is 3.45. The van der Waals surface area contributed by atoms with Crippen molar-refractivity contribution in [3.8, 4) is 11.5 Å². The SMILES string of the molecule is CCOc1cc(NC(CC)C2CC2)ccc1OC. The smallest absolute Gasteiger partial charge is 0.163 e. The van der Waals surface area contributed by atoms with Crippen LogP contribution in [0.2, 0.25) is 0 Å². The summed E-state index contributed by atoms with van der Waals surface area (Å²) in [5.74, 6) is 2.46. The van der Waals surface area contributed by atoms with Crippen LogP contribution >= 0.6 is 0 Å². The Bertz CT molecular complexity index is 388. The lowest BCUT2D eigenvalue weighted by atomic mass is 10.1. The highest BCUT2D eigenvalue weighted by Gasteiger charge is 2.29. The Morgan fingerprint density at radius 3 is 2.61 bits per heavy atom. The molecule has 1 aliphatic carbocycles. The summed E-state index contributed by atoms with van der Waals surface area (Å²) in [6, 6.07) is 6.65. The number of nitrogens with one attached hydrogen (secondary N) is 1. The fourth-order valence-electron chi connectivity index (χ4n) is 2.30. The van der Waals surface area contributed by atoms with Crippen molar-refractivity contribution in [2.45, 2.75) is 39.2 Å². The van der Waals surface area contributed by atoms with Crippen molar-refractivity contribution < 1.29 is 9.47 Å². The van der Waals surface area contributed by atoms with Gasteiger partial charge in [0.15, 0.2) is 11.5 Å². The lowest BCUT2D eigenvalue weighted by Crippen LogP contribution is -2.20. The molecule has 1 aromatic carbocycles. The van der Waals surface area contributed by atoms with Gasteiger partial charge in [-0.2, -0.15) is 0 Å². The highest BCUT2D eigenvalue weighted by Crippen LogP contribution is 2.37. The lowest BCUT2D eigenvalue weighted by Gasteiger charge is -2.19. The lowest BCUT2D eigenvalue weighted by molar-refractivity contribution is 0.311. The van der Waals surface area contributed by atoms with Crippen LogP contribution < -0.4 is 14.8 Å². The summed E-state index contributed by atoms with van der Waals surface area (Å²) in [6.45, 7) is 4.88. The van der Waals surface area contributed by atoms with Crippen LogP contribution in [0.4, 0.5) is 5.69 Å². The summed E-state index contributed by atoms with van der Waals surface area (Å²) in [6.07, 6.45) is 3.89. The number of hydrogen-bond acceptors (Lipinski definition) is 3. The number of benzene rings is 1. The maximum absolute atomic E-state index is 5.59. The van der Waals surface area contributed by atoms with Gasteiger partial charge in [0, 0.05) is 17.8 Å². The van der Waals surface area contributed by atoms with E-state index in [0.29, 0.717) is 12.6 Å². The van der Waals surface area contributed by atoms with Gasteiger partial charge in [-0.05, 0) is 44.2 Å². The Morgan fingerprint density at radius 2 is 2.06 bits per heavy atom. The summed E-state index contributed by atoms with van der Waals surface area (Å²) < 4.78 is 10.9. The van der Waals surface area contributed by atoms with Crippen LogP contribution in [-0.2, 0) is 0 Å². The van der Waals surface area contributed by atoms with E-state index in [1.165, 1.54) is 19.3 Å². The Morgan fingerprint density at radius 1 is 1.28 bits per heavy atom. The molecule has 0 amide bonds. The van der Waals surface area contributed by atoms with Crippen LogP contribution in [-0.4, -0.2) is 19.8 Å². The fraction of sp³-hybridized carbons (Fsp3) is 0.600. The predicted octanol–water partition coefficient (Wildman–Crippen LogP) is 3.69. The summed E-state index contributed by atoms with van der Waals surface area (Å²) >= 11 is 0. The molecule has 1 aliphatic rings. The third-order valence-corrected chi connectivity index (χ3v) is 3.45. The molecule has 0 bridgehead atoms. The number of rotatable bonds is 7. The molecule has 18 heavy (non-hydrogen) atoms. The minimum Gasteiger partial charge on any atom is -0.493 e. The number of anilines is 1. The summed E-state index contributed by atoms with van der Waals surface area (Å²) in [4.78, 5) is 0. The van der Waals surface area contributed by atoms with Gasteiger partial charge in [-0.15, -0.1) is 0 Å². The molecule has 1 saturated carbocycles. The van der Waals surface area contributed by atoms with Gasteiger partial charge in [0.1, 0.15) is 0 Å². The van der Waals surface area contributed by atoms with Gasteiger partial charge < -0.3 is 14.8 Å². The van der Waals surface area contributed by atoms with E-state index in [1.54, 1.807) is 7.11 Å². The summed E-state index contributed by atoms with van der Waals surface area (Å²) in [5, 5.41) is 3.61. The van der Waals surface area contributed by atoms with E-state index in [9.17, 15) is 0 Å². The molecule has 0 spiro atoms. The molecule has 0 aromatic heterocycles. The van der Waals surface area contributed by atoms with Crippen molar-refractivity contribution in [2.24, 2.45) is 5.92 Å². The molecular weight excluding hydrogens is 226 g/mol. The maximum Gasteiger partial charge on any atom is 0.163 e. The normalized spacial score (nSPS) is 16.2. The van der Waals surface area contributed by atoms with E-state index >= 15 is 0 Å². The van der Waals surface area contributed by atoms with Crippen LogP contribution in [0.25, 0.3) is 0 Å². The second-order valence-corrected chi connectivity index (χ2v) is 4.80. The molecule has 0 heterocycles. The molecule has 1 N–H and O–H groups in total. The molecule has 1 aromatic rings. The molecule has 1 fully saturated rings. The Hall–Kier alpha value is -1.38. The van der Waals surface area contributed by atoms with Crippen LogP contribution in [0.5, 0.6) is 11.5 Å². The first kappa shape index (κ1) is 13.1. The van der Waals surface area contributed by atoms with Crippen molar-refractivity contribution in [1.82, 2.24) is 0 Å². The Balaban J connectivity index is 2.09. The standard InChI is InChI=1S/C15H23NO2/c1-4-13(11-6-7-11)16-12-8-9-14(17-3)15(10-12)18-5-2/h8-11,13,16H,4-7H2,1-3H3. The molecule has 3 heteroatoms. The van der Waals surface area contributed by atoms with Gasteiger partial charge in [0.2, 0.25) is 0 Å². The van der Waals surface area contributed by atoms with Gasteiger partial charge in [0.25, 0.3) is 0 Å². The van der Waals surface area contributed by atoms with Gasteiger partial charge in [-0.3, -0.25) is 0 Å². The monoisotopic (exact) mass is 249 g/mol. The van der Waals surface area contributed by atoms with Crippen LogP contribution in [0.15, 0.2) is 18.2 Å². The number of hydrogen-bond donors (Lipinski definition) is 1. The minimum absolute atomic E-state index is 0.591. The number of ether oxygens (including phenoxy) is 2. The third kappa shape index (κ3) is 3.09. The van der Waals surface area contributed by atoms with Crippen LogP contribution in [0.1, 0.15) is 33.1 Å². The Kier molecular flexibility index (Phi) is 4.34.